The van der Waals surface area contributed by atoms with Crippen LogP contribution in [0.15, 0.2) is 30.3 Å². The van der Waals surface area contributed by atoms with Gasteiger partial charge in [0.15, 0.2) is 0 Å². The fourth-order valence-corrected chi connectivity index (χ4v) is 2.12. The largest absolute Gasteiger partial charge is 0.480 e. The van der Waals surface area contributed by atoms with E-state index in [2.05, 4.69) is 19.2 Å². The van der Waals surface area contributed by atoms with Gasteiger partial charge in [-0.15, -0.1) is 0 Å². The minimum absolute atomic E-state index is 0.421. The van der Waals surface area contributed by atoms with E-state index in [1.54, 1.807) is 0 Å². The number of nitrogens with one attached hydrogen (secondary N) is 1. The van der Waals surface area contributed by atoms with Gasteiger partial charge < -0.3 is 5.11 Å². The predicted molar refractivity (Wildman–Crippen MR) is 73.5 cm³/mol. The Balaban J connectivity index is 3.09. The Morgan fingerprint density at radius 3 is 2.39 bits per heavy atom. The standard InChI is InChI=1S/C15H23NO2/c1-4-10-15(14(17)18,16-11-12(2)3)13-8-6-5-7-9-13/h5-9,12,16H,4,10-11H2,1-3H3,(H,17,18). The van der Waals surface area contributed by atoms with Gasteiger partial charge in [-0.2, -0.15) is 0 Å². The molecule has 0 bridgehead atoms. The third-order valence-electron chi connectivity index (χ3n) is 3.07. The Morgan fingerprint density at radius 1 is 1.33 bits per heavy atom. The van der Waals surface area contributed by atoms with Gasteiger partial charge in [0.25, 0.3) is 0 Å². The lowest BCUT2D eigenvalue weighted by molar-refractivity contribution is -0.146. The zero-order valence-corrected chi connectivity index (χ0v) is 11.4. The Bertz CT molecular complexity index is 375. The Kier molecular flexibility index (Phi) is 5.35. The van der Waals surface area contributed by atoms with Gasteiger partial charge in [-0.05, 0) is 24.4 Å². The number of hydrogen-bond acceptors (Lipinski definition) is 2. The van der Waals surface area contributed by atoms with Crippen molar-refractivity contribution >= 4 is 5.97 Å². The van der Waals surface area contributed by atoms with E-state index in [0.29, 0.717) is 18.9 Å². The van der Waals surface area contributed by atoms with E-state index in [0.717, 1.165) is 12.0 Å². The van der Waals surface area contributed by atoms with Crippen LogP contribution in [0.5, 0.6) is 0 Å². The van der Waals surface area contributed by atoms with Crippen molar-refractivity contribution in [2.45, 2.75) is 39.2 Å². The van der Waals surface area contributed by atoms with E-state index in [4.69, 9.17) is 0 Å². The molecule has 0 amide bonds. The number of aliphatic carboxylic acids is 1. The second-order valence-corrected chi connectivity index (χ2v) is 5.10. The molecule has 0 aliphatic carbocycles. The van der Waals surface area contributed by atoms with Crippen LogP contribution in [0.3, 0.4) is 0 Å². The molecule has 18 heavy (non-hydrogen) atoms. The van der Waals surface area contributed by atoms with Gasteiger partial charge in [-0.3, -0.25) is 5.32 Å². The van der Waals surface area contributed by atoms with Crippen LogP contribution in [0.2, 0.25) is 0 Å². The summed E-state index contributed by atoms with van der Waals surface area (Å²) in [5.74, 6) is -0.375. The molecule has 0 fully saturated rings. The SMILES string of the molecule is CCCC(NCC(C)C)(C(=O)O)c1ccccc1. The fourth-order valence-electron chi connectivity index (χ4n) is 2.12. The first-order valence-corrected chi connectivity index (χ1v) is 6.57. The molecule has 0 heterocycles. The van der Waals surface area contributed by atoms with Gasteiger partial charge in [0.05, 0.1) is 0 Å². The summed E-state index contributed by atoms with van der Waals surface area (Å²) in [5, 5.41) is 12.9. The van der Waals surface area contributed by atoms with E-state index in [-0.39, 0.29) is 0 Å². The highest BCUT2D eigenvalue weighted by molar-refractivity contribution is 5.80. The quantitative estimate of drug-likeness (QED) is 0.781. The van der Waals surface area contributed by atoms with Crippen molar-refractivity contribution in [3.8, 4) is 0 Å². The Hall–Kier alpha value is -1.35. The van der Waals surface area contributed by atoms with Crippen LogP contribution in [-0.2, 0) is 10.3 Å². The van der Waals surface area contributed by atoms with Gasteiger partial charge in [0.1, 0.15) is 5.54 Å². The fraction of sp³-hybridized carbons (Fsp3) is 0.533. The van der Waals surface area contributed by atoms with Gasteiger partial charge >= 0.3 is 5.97 Å². The molecule has 1 atom stereocenters. The average molecular weight is 249 g/mol. The molecule has 1 aromatic rings. The summed E-state index contributed by atoms with van der Waals surface area (Å²) >= 11 is 0. The first-order valence-electron chi connectivity index (χ1n) is 6.57. The Morgan fingerprint density at radius 2 is 1.94 bits per heavy atom. The van der Waals surface area contributed by atoms with Crippen LogP contribution < -0.4 is 5.32 Å². The molecule has 1 unspecified atom stereocenters. The molecular formula is C15H23NO2. The first kappa shape index (κ1) is 14.7. The smallest absolute Gasteiger partial charge is 0.328 e. The van der Waals surface area contributed by atoms with Gasteiger partial charge in [-0.25, -0.2) is 4.79 Å². The van der Waals surface area contributed by atoms with Crippen molar-refractivity contribution in [1.82, 2.24) is 5.32 Å². The summed E-state index contributed by atoms with van der Waals surface area (Å²) in [6.45, 7) is 6.87. The zero-order valence-electron chi connectivity index (χ0n) is 11.4. The lowest BCUT2D eigenvalue weighted by atomic mass is 9.85. The van der Waals surface area contributed by atoms with Crippen molar-refractivity contribution in [1.29, 1.82) is 0 Å². The molecule has 0 aliphatic rings. The number of rotatable bonds is 7. The summed E-state index contributed by atoms with van der Waals surface area (Å²) < 4.78 is 0. The van der Waals surface area contributed by atoms with Gasteiger partial charge in [0, 0.05) is 0 Å². The molecule has 1 rings (SSSR count). The number of carboxylic acid groups (broad SMARTS) is 1. The summed E-state index contributed by atoms with van der Waals surface area (Å²) in [7, 11) is 0. The average Bonchev–Trinajstić information content (AvgIpc) is 2.35. The minimum Gasteiger partial charge on any atom is -0.480 e. The molecular weight excluding hydrogens is 226 g/mol. The van der Waals surface area contributed by atoms with E-state index >= 15 is 0 Å². The lowest BCUT2D eigenvalue weighted by Gasteiger charge is -2.32. The molecule has 0 aromatic heterocycles. The second-order valence-electron chi connectivity index (χ2n) is 5.10. The molecule has 0 saturated carbocycles. The van der Waals surface area contributed by atoms with Crippen molar-refractivity contribution in [2.24, 2.45) is 5.92 Å². The lowest BCUT2D eigenvalue weighted by Crippen LogP contribution is -2.50. The molecule has 100 valence electrons. The molecule has 3 heteroatoms. The van der Waals surface area contributed by atoms with Crippen LogP contribution in [-0.4, -0.2) is 17.6 Å². The highest BCUT2D eigenvalue weighted by Gasteiger charge is 2.38. The predicted octanol–water partition coefficient (Wildman–Crippen LogP) is 3.01. The van der Waals surface area contributed by atoms with E-state index in [9.17, 15) is 9.90 Å². The highest BCUT2D eigenvalue weighted by atomic mass is 16.4. The number of carbonyl (C=O) groups is 1. The topological polar surface area (TPSA) is 49.3 Å². The normalized spacial score (nSPS) is 14.4. The molecule has 1 aromatic carbocycles. The van der Waals surface area contributed by atoms with Gasteiger partial charge in [0.2, 0.25) is 0 Å². The zero-order chi connectivity index (χ0) is 13.6. The van der Waals surface area contributed by atoms with Crippen LogP contribution >= 0.6 is 0 Å². The van der Waals surface area contributed by atoms with E-state index in [1.165, 1.54) is 0 Å². The molecule has 0 saturated heterocycles. The number of hydrogen-bond donors (Lipinski definition) is 2. The van der Waals surface area contributed by atoms with Crippen LogP contribution in [0.25, 0.3) is 0 Å². The van der Waals surface area contributed by atoms with E-state index < -0.39 is 11.5 Å². The molecule has 0 spiro atoms. The number of benzene rings is 1. The number of carboxylic acids is 1. The van der Waals surface area contributed by atoms with Crippen molar-refractivity contribution in [3.63, 3.8) is 0 Å². The minimum atomic E-state index is -0.958. The summed E-state index contributed by atoms with van der Waals surface area (Å²) in [6, 6.07) is 9.46. The van der Waals surface area contributed by atoms with Gasteiger partial charge in [-0.1, -0.05) is 57.5 Å². The Labute approximate surface area is 109 Å². The summed E-state index contributed by atoms with van der Waals surface area (Å²) in [5.41, 5.74) is -0.125. The first-order chi connectivity index (χ1) is 8.53. The van der Waals surface area contributed by atoms with Crippen LogP contribution in [0, 0.1) is 5.92 Å². The van der Waals surface area contributed by atoms with E-state index in [1.807, 2.05) is 37.3 Å². The summed E-state index contributed by atoms with van der Waals surface area (Å²) in [4.78, 5) is 11.8. The molecule has 2 N–H and O–H groups in total. The third kappa shape index (κ3) is 3.33. The molecule has 0 radical (unpaired) electrons. The van der Waals surface area contributed by atoms with Crippen molar-refractivity contribution in [3.05, 3.63) is 35.9 Å². The maximum Gasteiger partial charge on any atom is 0.328 e. The van der Waals surface area contributed by atoms with Crippen molar-refractivity contribution in [2.75, 3.05) is 6.54 Å². The summed E-state index contributed by atoms with van der Waals surface area (Å²) in [6.07, 6.45) is 1.42. The molecule has 0 aliphatic heterocycles. The highest BCUT2D eigenvalue weighted by Crippen LogP contribution is 2.27. The molecule has 3 nitrogen and oxygen atoms in total. The third-order valence-corrected chi connectivity index (χ3v) is 3.07. The monoisotopic (exact) mass is 249 g/mol. The van der Waals surface area contributed by atoms with Crippen LogP contribution in [0.4, 0.5) is 0 Å². The van der Waals surface area contributed by atoms with Crippen LogP contribution in [0.1, 0.15) is 39.2 Å². The maximum atomic E-state index is 11.8. The second kappa shape index (κ2) is 6.55. The van der Waals surface area contributed by atoms with Crippen molar-refractivity contribution < 1.29 is 9.90 Å². The maximum absolute atomic E-state index is 11.8.